The number of carbonyl (C=O) groups is 1. The lowest BCUT2D eigenvalue weighted by molar-refractivity contribution is 0.0717. The van der Waals surface area contributed by atoms with Crippen molar-refractivity contribution in [2.75, 3.05) is 0 Å². The fourth-order valence-corrected chi connectivity index (χ4v) is 2.35. The molecule has 1 amide bonds. The number of aryl methyl sites for hydroxylation is 1. The molecule has 0 bridgehead atoms. The highest BCUT2D eigenvalue weighted by atomic mass is 16.3. The molecule has 0 unspecified atom stereocenters. The van der Waals surface area contributed by atoms with Gasteiger partial charge in [-0.05, 0) is 31.4 Å². The first-order chi connectivity index (χ1) is 8.18. The van der Waals surface area contributed by atoms with E-state index in [0.29, 0.717) is 5.56 Å². The van der Waals surface area contributed by atoms with Crippen LogP contribution in [0.4, 0.5) is 0 Å². The molecule has 3 heteroatoms. The van der Waals surface area contributed by atoms with Gasteiger partial charge in [-0.1, -0.05) is 31.0 Å². The van der Waals surface area contributed by atoms with Crippen molar-refractivity contribution in [3.63, 3.8) is 0 Å². The largest absolute Gasteiger partial charge is 0.391 e. The first-order valence-electron chi connectivity index (χ1n) is 6.23. The van der Waals surface area contributed by atoms with Crippen molar-refractivity contribution in [2.45, 2.75) is 44.8 Å². The van der Waals surface area contributed by atoms with Crippen molar-refractivity contribution >= 4 is 5.91 Å². The zero-order valence-electron chi connectivity index (χ0n) is 10.1. The summed E-state index contributed by atoms with van der Waals surface area (Å²) in [5.41, 5.74) is 1.67. The predicted molar refractivity (Wildman–Crippen MR) is 66.9 cm³/mol. The molecule has 92 valence electrons. The summed E-state index contributed by atoms with van der Waals surface area (Å²) in [5.74, 6) is -0.0750. The standard InChI is InChI=1S/C14H19NO2/c1-10-6-2-3-7-11(10)14(17)15-12-8-4-5-9-13(12)16/h2-3,6-7,12-13,16H,4-5,8-9H2,1H3,(H,15,17)/t12-,13-/m0/s1. The summed E-state index contributed by atoms with van der Waals surface area (Å²) in [7, 11) is 0. The second-order valence-electron chi connectivity index (χ2n) is 4.75. The maximum atomic E-state index is 12.1. The molecular weight excluding hydrogens is 214 g/mol. The first kappa shape index (κ1) is 12.1. The van der Waals surface area contributed by atoms with Gasteiger partial charge < -0.3 is 10.4 Å². The van der Waals surface area contributed by atoms with Gasteiger partial charge in [0.05, 0.1) is 12.1 Å². The molecule has 1 aromatic rings. The minimum Gasteiger partial charge on any atom is -0.391 e. The Morgan fingerprint density at radius 2 is 2.00 bits per heavy atom. The van der Waals surface area contributed by atoms with Crippen LogP contribution in [0.5, 0.6) is 0 Å². The Morgan fingerprint density at radius 1 is 1.29 bits per heavy atom. The predicted octanol–water partition coefficient (Wildman–Crippen LogP) is 2.03. The molecule has 17 heavy (non-hydrogen) atoms. The Labute approximate surface area is 102 Å². The highest BCUT2D eigenvalue weighted by Crippen LogP contribution is 2.19. The third kappa shape index (κ3) is 2.86. The van der Waals surface area contributed by atoms with Crippen molar-refractivity contribution in [3.05, 3.63) is 35.4 Å². The molecule has 1 aliphatic carbocycles. The second-order valence-corrected chi connectivity index (χ2v) is 4.75. The van der Waals surface area contributed by atoms with Crippen LogP contribution in [0.3, 0.4) is 0 Å². The average Bonchev–Trinajstić information content (AvgIpc) is 2.32. The summed E-state index contributed by atoms with van der Waals surface area (Å²) in [6.45, 7) is 1.92. The molecule has 0 spiro atoms. The number of rotatable bonds is 2. The first-order valence-corrected chi connectivity index (χ1v) is 6.23. The van der Waals surface area contributed by atoms with E-state index in [2.05, 4.69) is 5.32 Å². The van der Waals surface area contributed by atoms with Crippen molar-refractivity contribution in [2.24, 2.45) is 0 Å². The fourth-order valence-electron chi connectivity index (χ4n) is 2.35. The summed E-state index contributed by atoms with van der Waals surface area (Å²) < 4.78 is 0. The van der Waals surface area contributed by atoms with E-state index in [1.54, 1.807) is 0 Å². The van der Waals surface area contributed by atoms with Gasteiger partial charge in [-0.15, -0.1) is 0 Å². The summed E-state index contributed by atoms with van der Waals surface area (Å²) in [4.78, 5) is 12.1. The van der Waals surface area contributed by atoms with Crippen molar-refractivity contribution in [1.29, 1.82) is 0 Å². The van der Waals surface area contributed by atoms with Gasteiger partial charge in [0.1, 0.15) is 0 Å². The summed E-state index contributed by atoms with van der Waals surface area (Å²) in [6, 6.07) is 7.43. The van der Waals surface area contributed by atoms with E-state index in [1.807, 2.05) is 31.2 Å². The fraction of sp³-hybridized carbons (Fsp3) is 0.500. The molecule has 2 rings (SSSR count). The number of benzene rings is 1. The van der Waals surface area contributed by atoms with Crippen molar-refractivity contribution in [3.8, 4) is 0 Å². The Kier molecular flexibility index (Phi) is 3.79. The number of carbonyl (C=O) groups excluding carboxylic acids is 1. The van der Waals surface area contributed by atoms with Gasteiger partial charge in [-0.2, -0.15) is 0 Å². The van der Waals surface area contributed by atoms with Crippen LogP contribution in [0.15, 0.2) is 24.3 Å². The third-order valence-electron chi connectivity index (χ3n) is 3.44. The molecule has 1 aromatic carbocycles. The van der Waals surface area contributed by atoms with Crippen LogP contribution in [0.1, 0.15) is 41.6 Å². The van der Waals surface area contributed by atoms with E-state index < -0.39 is 6.10 Å². The van der Waals surface area contributed by atoms with Gasteiger partial charge in [0.2, 0.25) is 0 Å². The lowest BCUT2D eigenvalue weighted by Crippen LogP contribution is -2.45. The number of nitrogens with one attached hydrogen (secondary N) is 1. The van der Waals surface area contributed by atoms with Crippen molar-refractivity contribution < 1.29 is 9.90 Å². The summed E-state index contributed by atoms with van der Waals surface area (Å²) in [6.07, 6.45) is 3.40. The van der Waals surface area contributed by atoms with Crippen LogP contribution in [-0.2, 0) is 0 Å². The van der Waals surface area contributed by atoms with Crippen molar-refractivity contribution in [1.82, 2.24) is 5.32 Å². The number of aliphatic hydroxyl groups excluding tert-OH is 1. The monoisotopic (exact) mass is 233 g/mol. The van der Waals surface area contributed by atoms with E-state index in [9.17, 15) is 9.90 Å². The molecule has 0 heterocycles. The molecule has 0 aliphatic heterocycles. The number of hydrogen-bond donors (Lipinski definition) is 2. The zero-order valence-corrected chi connectivity index (χ0v) is 10.1. The minimum atomic E-state index is -0.392. The molecule has 2 N–H and O–H groups in total. The molecular formula is C14H19NO2. The van der Waals surface area contributed by atoms with E-state index >= 15 is 0 Å². The molecule has 0 aromatic heterocycles. The highest BCUT2D eigenvalue weighted by Gasteiger charge is 2.25. The van der Waals surface area contributed by atoms with Gasteiger partial charge in [0, 0.05) is 5.56 Å². The SMILES string of the molecule is Cc1ccccc1C(=O)N[C@H]1CCCC[C@@H]1O. The Hall–Kier alpha value is -1.35. The maximum absolute atomic E-state index is 12.1. The van der Waals surface area contributed by atoms with Gasteiger partial charge in [0.15, 0.2) is 0 Å². The van der Waals surface area contributed by atoms with Gasteiger partial charge in [-0.3, -0.25) is 4.79 Å². The van der Waals surface area contributed by atoms with Gasteiger partial charge >= 0.3 is 0 Å². The zero-order chi connectivity index (χ0) is 12.3. The third-order valence-corrected chi connectivity index (χ3v) is 3.44. The number of hydrogen-bond acceptors (Lipinski definition) is 2. The molecule has 1 fully saturated rings. The van der Waals surface area contributed by atoms with E-state index in [-0.39, 0.29) is 11.9 Å². The van der Waals surface area contributed by atoms with Gasteiger partial charge in [-0.25, -0.2) is 0 Å². The minimum absolute atomic E-state index is 0.0750. The topological polar surface area (TPSA) is 49.3 Å². The molecule has 0 saturated heterocycles. The number of aliphatic hydroxyl groups is 1. The highest BCUT2D eigenvalue weighted by molar-refractivity contribution is 5.95. The van der Waals surface area contributed by atoms with Gasteiger partial charge in [0.25, 0.3) is 5.91 Å². The average molecular weight is 233 g/mol. The van der Waals surface area contributed by atoms with E-state index in [1.165, 1.54) is 0 Å². The van der Waals surface area contributed by atoms with Crippen LogP contribution in [-0.4, -0.2) is 23.2 Å². The van der Waals surface area contributed by atoms with Crippen LogP contribution in [0.25, 0.3) is 0 Å². The van der Waals surface area contributed by atoms with E-state index in [0.717, 1.165) is 31.2 Å². The van der Waals surface area contributed by atoms with Crippen LogP contribution >= 0.6 is 0 Å². The molecule has 1 aliphatic rings. The van der Waals surface area contributed by atoms with Crippen LogP contribution in [0, 0.1) is 6.92 Å². The quantitative estimate of drug-likeness (QED) is 0.821. The van der Waals surface area contributed by atoms with E-state index in [4.69, 9.17) is 0 Å². The lowest BCUT2D eigenvalue weighted by atomic mass is 9.92. The second kappa shape index (κ2) is 5.32. The maximum Gasteiger partial charge on any atom is 0.251 e. The summed E-state index contributed by atoms with van der Waals surface area (Å²) in [5, 5.41) is 12.8. The molecule has 1 saturated carbocycles. The number of amides is 1. The molecule has 0 radical (unpaired) electrons. The molecule has 2 atom stereocenters. The van der Waals surface area contributed by atoms with Crippen LogP contribution in [0.2, 0.25) is 0 Å². The lowest BCUT2D eigenvalue weighted by Gasteiger charge is -2.28. The smallest absolute Gasteiger partial charge is 0.251 e. The summed E-state index contributed by atoms with van der Waals surface area (Å²) >= 11 is 0. The van der Waals surface area contributed by atoms with Crippen LogP contribution < -0.4 is 5.32 Å². The molecule has 3 nitrogen and oxygen atoms in total. The Bertz CT molecular complexity index is 403. The Balaban J connectivity index is 2.04. The normalized spacial score (nSPS) is 24.4. The Morgan fingerprint density at radius 3 is 2.71 bits per heavy atom.